The van der Waals surface area contributed by atoms with Gasteiger partial charge in [0.15, 0.2) is 6.36 Å². The molecule has 0 spiro atoms. The zero-order valence-corrected chi connectivity index (χ0v) is 5.19. The van der Waals surface area contributed by atoms with Gasteiger partial charge in [0.2, 0.25) is 0 Å². The van der Waals surface area contributed by atoms with Crippen molar-refractivity contribution in [3.05, 3.63) is 6.92 Å². The minimum atomic E-state index is -1.35. The lowest BCUT2D eigenvalue weighted by molar-refractivity contribution is -0.00639. The SMILES string of the molecule is [CH2]C(F)OCCCC. The van der Waals surface area contributed by atoms with E-state index in [1.807, 2.05) is 6.92 Å². The Morgan fingerprint density at radius 1 is 1.75 bits per heavy atom. The van der Waals surface area contributed by atoms with Crippen molar-refractivity contribution in [2.24, 2.45) is 0 Å². The maximum Gasteiger partial charge on any atom is 0.198 e. The first-order valence-corrected chi connectivity index (χ1v) is 2.86. The molecule has 0 rings (SSSR count). The maximum absolute atomic E-state index is 11.7. The van der Waals surface area contributed by atoms with Gasteiger partial charge in [0.1, 0.15) is 0 Å². The molecule has 0 fully saturated rings. The van der Waals surface area contributed by atoms with Crippen LogP contribution in [0, 0.1) is 6.92 Å². The summed E-state index contributed by atoms with van der Waals surface area (Å²) in [6.07, 6.45) is 0.601. The number of hydrogen-bond donors (Lipinski definition) is 0. The van der Waals surface area contributed by atoms with Crippen LogP contribution in [-0.4, -0.2) is 13.0 Å². The van der Waals surface area contributed by atoms with Gasteiger partial charge in [-0.25, -0.2) is 4.39 Å². The summed E-state index contributed by atoms with van der Waals surface area (Å²) in [5.41, 5.74) is 0. The molecule has 2 heteroatoms. The second kappa shape index (κ2) is 5.04. The fourth-order valence-corrected chi connectivity index (χ4v) is 0.356. The molecule has 49 valence electrons. The summed E-state index contributed by atoms with van der Waals surface area (Å²) in [5, 5.41) is 0. The van der Waals surface area contributed by atoms with Crippen LogP contribution in [0.4, 0.5) is 4.39 Å². The lowest BCUT2D eigenvalue weighted by Gasteiger charge is -2.00. The van der Waals surface area contributed by atoms with E-state index in [4.69, 9.17) is 0 Å². The van der Waals surface area contributed by atoms with E-state index in [1.165, 1.54) is 0 Å². The standard InChI is InChI=1S/C6H12FO/c1-3-4-5-8-6(2)7/h6H,2-5H2,1H3. The Hall–Kier alpha value is -0.110. The molecule has 0 aromatic heterocycles. The molecule has 0 aromatic rings. The predicted molar refractivity (Wildman–Crippen MR) is 31.1 cm³/mol. The zero-order chi connectivity index (χ0) is 6.41. The molecule has 0 aliphatic carbocycles. The van der Waals surface area contributed by atoms with Crippen molar-refractivity contribution in [3.63, 3.8) is 0 Å². The molecular formula is C6H12FO. The molecule has 1 nitrogen and oxygen atoms in total. The van der Waals surface area contributed by atoms with E-state index in [2.05, 4.69) is 11.7 Å². The molecule has 0 heterocycles. The molecule has 1 radical (unpaired) electrons. The van der Waals surface area contributed by atoms with E-state index >= 15 is 0 Å². The van der Waals surface area contributed by atoms with Crippen molar-refractivity contribution in [1.29, 1.82) is 0 Å². The van der Waals surface area contributed by atoms with Crippen molar-refractivity contribution in [2.75, 3.05) is 6.61 Å². The Morgan fingerprint density at radius 3 is 2.75 bits per heavy atom. The molecule has 0 bridgehead atoms. The first-order chi connectivity index (χ1) is 3.77. The zero-order valence-electron chi connectivity index (χ0n) is 5.19. The summed E-state index contributed by atoms with van der Waals surface area (Å²) in [4.78, 5) is 0. The molecule has 8 heavy (non-hydrogen) atoms. The van der Waals surface area contributed by atoms with Crippen LogP contribution in [0.15, 0.2) is 0 Å². The van der Waals surface area contributed by atoms with E-state index in [-0.39, 0.29) is 0 Å². The first kappa shape index (κ1) is 7.89. The van der Waals surface area contributed by atoms with Gasteiger partial charge in [-0.2, -0.15) is 0 Å². The minimum absolute atomic E-state index is 0.487. The summed E-state index contributed by atoms with van der Waals surface area (Å²) >= 11 is 0. The molecule has 0 aromatic carbocycles. The summed E-state index contributed by atoms with van der Waals surface area (Å²) in [5.74, 6) is 0. The average Bonchev–Trinajstić information content (AvgIpc) is 1.66. The Morgan fingerprint density at radius 2 is 2.38 bits per heavy atom. The number of alkyl halides is 1. The Kier molecular flexibility index (Phi) is 4.97. The molecular weight excluding hydrogens is 107 g/mol. The largest absolute Gasteiger partial charge is 0.348 e. The van der Waals surface area contributed by atoms with Gasteiger partial charge in [0.25, 0.3) is 0 Å². The van der Waals surface area contributed by atoms with Crippen LogP contribution in [-0.2, 0) is 4.74 Å². The van der Waals surface area contributed by atoms with Gasteiger partial charge < -0.3 is 4.74 Å². The van der Waals surface area contributed by atoms with Gasteiger partial charge in [0.05, 0.1) is 6.61 Å². The fraction of sp³-hybridized carbons (Fsp3) is 0.833. The van der Waals surface area contributed by atoms with Crippen molar-refractivity contribution in [2.45, 2.75) is 26.1 Å². The summed E-state index contributed by atoms with van der Waals surface area (Å²) in [6, 6.07) is 0. The highest BCUT2D eigenvalue weighted by atomic mass is 19.1. The van der Waals surface area contributed by atoms with E-state index in [1.54, 1.807) is 0 Å². The topological polar surface area (TPSA) is 9.23 Å². The molecule has 0 aliphatic rings. The summed E-state index contributed by atoms with van der Waals surface area (Å²) in [7, 11) is 0. The Labute approximate surface area is 49.8 Å². The van der Waals surface area contributed by atoms with Crippen LogP contribution in [0.3, 0.4) is 0 Å². The van der Waals surface area contributed by atoms with Crippen LogP contribution in [0.2, 0.25) is 0 Å². The van der Waals surface area contributed by atoms with Gasteiger partial charge in [-0.05, 0) is 6.42 Å². The maximum atomic E-state index is 11.7. The predicted octanol–water partition coefficient (Wildman–Crippen LogP) is 1.93. The molecule has 0 amide bonds. The van der Waals surface area contributed by atoms with Crippen molar-refractivity contribution in [1.82, 2.24) is 0 Å². The third kappa shape index (κ3) is 5.89. The third-order valence-corrected chi connectivity index (χ3v) is 0.797. The van der Waals surface area contributed by atoms with Gasteiger partial charge in [-0.1, -0.05) is 13.3 Å². The van der Waals surface area contributed by atoms with Gasteiger partial charge in [0, 0.05) is 6.92 Å². The molecule has 0 aliphatic heterocycles. The lowest BCUT2D eigenvalue weighted by Crippen LogP contribution is -2.01. The first-order valence-electron chi connectivity index (χ1n) is 2.86. The number of ether oxygens (including phenoxy) is 1. The van der Waals surface area contributed by atoms with Gasteiger partial charge in [-0.3, -0.25) is 0 Å². The highest BCUT2D eigenvalue weighted by Gasteiger charge is 1.93. The highest BCUT2D eigenvalue weighted by molar-refractivity contribution is 4.40. The smallest absolute Gasteiger partial charge is 0.198 e. The molecule has 0 saturated heterocycles. The quantitative estimate of drug-likeness (QED) is 0.514. The summed E-state index contributed by atoms with van der Waals surface area (Å²) in [6.45, 7) is 5.54. The van der Waals surface area contributed by atoms with E-state index in [0.717, 1.165) is 12.8 Å². The Balaban J connectivity index is 2.72. The Bertz CT molecular complexity index is 45.8. The van der Waals surface area contributed by atoms with Gasteiger partial charge in [-0.15, -0.1) is 0 Å². The number of hydrogen-bond acceptors (Lipinski definition) is 1. The van der Waals surface area contributed by atoms with Crippen molar-refractivity contribution >= 4 is 0 Å². The van der Waals surface area contributed by atoms with Crippen molar-refractivity contribution in [3.8, 4) is 0 Å². The van der Waals surface area contributed by atoms with Crippen LogP contribution in [0.1, 0.15) is 19.8 Å². The highest BCUT2D eigenvalue weighted by Crippen LogP contribution is 1.93. The number of unbranched alkanes of at least 4 members (excludes halogenated alkanes) is 1. The monoisotopic (exact) mass is 119 g/mol. The van der Waals surface area contributed by atoms with E-state index < -0.39 is 6.36 Å². The van der Waals surface area contributed by atoms with E-state index in [9.17, 15) is 4.39 Å². The van der Waals surface area contributed by atoms with Crippen LogP contribution >= 0.6 is 0 Å². The lowest BCUT2D eigenvalue weighted by atomic mass is 10.4. The molecule has 1 atom stereocenters. The van der Waals surface area contributed by atoms with Crippen LogP contribution in [0.5, 0.6) is 0 Å². The molecule has 1 unspecified atom stereocenters. The second-order valence-corrected chi connectivity index (χ2v) is 1.63. The molecule has 0 saturated carbocycles. The van der Waals surface area contributed by atoms with Gasteiger partial charge >= 0.3 is 0 Å². The van der Waals surface area contributed by atoms with Crippen LogP contribution < -0.4 is 0 Å². The minimum Gasteiger partial charge on any atom is -0.348 e. The summed E-state index contributed by atoms with van der Waals surface area (Å²) < 4.78 is 16.2. The average molecular weight is 119 g/mol. The third-order valence-electron chi connectivity index (χ3n) is 0.797. The normalized spacial score (nSPS) is 13.9. The van der Waals surface area contributed by atoms with Crippen molar-refractivity contribution < 1.29 is 9.13 Å². The fourth-order valence-electron chi connectivity index (χ4n) is 0.356. The van der Waals surface area contributed by atoms with E-state index in [0.29, 0.717) is 6.61 Å². The van der Waals surface area contributed by atoms with Crippen LogP contribution in [0.25, 0.3) is 0 Å². The second-order valence-electron chi connectivity index (χ2n) is 1.63. The molecule has 0 N–H and O–H groups in total. The number of rotatable bonds is 4. The number of halogens is 1.